The van der Waals surface area contributed by atoms with Crippen LogP contribution in [-0.2, 0) is 10.8 Å². The molecule has 0 aliphatic heterocycles. The van der Waals surface area contributed by atoms with Crippen LogP contribution in [0.15, 0.2) is 22.8 Å². The minimum atomic E-state index is -0.935. The van der Waals surface area contributed by atoms with Crippen molar-refractivity contribution in [3.8, 4) is 0 Å². The second-order valence-corrected chi connectivity index (χ2v) is 6.01. The minimum Gasteiger partial charge on any atom is -0.349 e. The van der Waals surface area contributed by atoms with E-state index in [1.165, 1.54) is 0 Å². The molecule has 88 valence electrons. The molecule has 16 heavy (non-hydrogen) atoms. The number of amides is 1. The van der Waals surface area contributed by atoms with Gasteiger partial charge < -0.3 is 5.32 Å². The number of carbonyl (C=O) groups excluding carboxylic acids is 1. The summed E-state index contributed by atoms with van der Waals surface area (Å²) in [5.41, 5.74) is 0.344. The molecule has 1 N–H and O–H groups in total. The van der Waals surface area contributed by atoms with Crippen molar-refractivity contribution in [1.29, 1.82) is 0 Å². The predicted octanol–water partition coefficient (Wildman–Crippen LogP) is 1.34. The fraction of sp³-hybridized carbons (Fsp3) is 0.400. The fourth-order valence-corrected chi connectivity index (χ4v) is 1.74. The Kier molecular flexibility index (Phi) is 5.08. The third-order valence-corrected chi connectivity index (χ3v) is 4.03. The van der Waals surface area contributed by atoms with Crippen LogP contribution in [0.4, 0.5) is 0 Å². The third kappa shape index (κ3) is 3.68. The smallest absolute Gasteiger partial charge is 0.271 e. The van der Waals surface area contributed by atoms with Crippen molar-refractivity contribution >= 4 is 32.6 Å². The lowest BCUT2D eigenvalue weighted by Crippen LogP contribution is -2.33. The van der Waals surface area contributed by atoms with Crippen LogP contribution in [0.3, 0.4) is 0 Å². The summed E-state index contributed by atoms with van der Waals surface area (Å²) in [6.45, 7) is 2.20. The molecule has 6 heteroatoms. The van der Waals surface area contributed by atoms with Gasteiger partial charge in [-0.2, -0.15) is 0 Å². The van der Waals surface area contributed by atoms with Crippen molar-refractivity contribution in [1.82, 2.24) is 10.3 Å². The number of aromatic nitrogens is 1. The van der Waals surface area contributed by atoms with E-state index in [-0.39, 0.29) is 11.2 Å². The fourth-order valence-electron chi connectivity index (χ4n) is 0.990. The molecule has 0 radical (unpaired) electrons. The monoisotopic (exact) mass is 304 g/mol. The van der Waals surface area contributed by atoms with Gasteiger partial charge >= 0.3 is 0 Å². The Morgan fingerprint density at radius 3 is 2.94 bits per heavy atom. The summed E-state index contributed by atoms with van der Waals surface area (Å²) in [4.78, 5) is 15.7. The first-order valence-electron chi connectivity index (χ1n) is 4.73. The lowest BCUT2D eigenvalue weighted by atomic mass is 10.3. The Morgan fingerprint density at radius 2 is 2.38 bits per heavy atom. The van der Waals surface area contributed by atoms with E-state index in [1.807, 2.05) is 6.92 Å². The molecule has 0 fully saturated rings. The molecule has 0 saturated heterocycles. The molecular formula is C10H13BrN2O2S. The molecule has 1 rings (SSSR count). The zero-order valence-electron chi connectivity index (χ0n) is 9.07. The summed E-state index contributed by atoms with van der Waals surface area (Å²) in [6, 6.07) is 3.49. The van der Waals surface area contributed by atoms with E-state index in [0.717, 1.165) is 0 Å². The van der Waals surface area contributed by atoms with Crippen LogP contribution in [0.5, 0.6) is 0 Å². The van der Waals surface area contributed by atoms with E-state index in [9.17, 15) is 9.00 Å². The maximum Gasteiger partial charge on any atom is 0.271 e. The standard InChI is InChI=1S/C10H13BrN2O2S/c1-7(16(2)15)6-13-10(14)9-8(11)4-3-5-12-9/h3-5,7H,6H2,1-2H3,(H,13,14)/t7-,16-/m0/s1. The van der Waals surface area contributed by atoms with Crippen LogP contribution < -0.4 is 5.32 Å². The molecule has 0 aromatic carbocycles. The lowest BCUT2D eigenvalue weighted by molar-refractivity contribution is 0.0948. The maximum atomic E-state index is 11.7. The number of hydrogen-bond acceptors (Lipinski definition) is 3. The molecule has 0 aliphatic rings. The van der Waals surface area contributed by atoms with Crippen molar-refractivity contribution < 1.29 is 9.00 Å². The van der Waals surface area contributed by atoms with Gasteiger partial charge in [0.15, 0.2) is 0 Å². The van der Waals surface area contributed by atoms with Crippen LogP contribution in [0.25, 0.3) is 0 Å². The van der Waals surface area contributed by atoms with Gasteiger partial charge in [0, 0.05) is 39.5 Å². The molecule has 1 aromatic rings. The van der Waals surface area contributed by atoms with Crippen molar-refractivity contribution in [3.63, 3.8) is 0 Å². The highest BCUT2D eigenvalue weighted by atomic mass is 79.9. The van der Waals surface area contributed by atoms with Crippen LogP contribution in [0, 0.1) is 0 Å². The molecule has 4 nitrogen and oxygen atoms in total. The number of halogens is 1. The van der Waals surface area contributed by atoms with E-state index < -0.39 is 10.8 Å². The Bertz CT molecular complexity index is 412. The summed E-state index contributed by atoms with van der Waals surface area (Å²) in [5.74, 6) is -0.259. The Labute approximate surface area is 105 Å². The normalized spacial score (nSPS) is 14.2. The van der Waals surface area contributed by atoms with Crippen molar-refractivity contribution in [2.24, 2.45) is 0 Å². The Balaban J connectivity index is 2.60. The molecule has 1 aromatic heterocycles. The summed E-state index contributed by atoms with van der Waals surface area (Å²) in [6.07, 6.45) is 3.18. The van der Waals surface area contributed by atoms with E-state index in [1.54, 1.807) is 24.6 Å². The van der Waals surface area contributed by atoms with Gasteiger partial charge in [0.2, 0.25) is 0 Å². The zero-order chi connectivity index (χ0) is 12.1. The molecule has 0 aliphatic carbocycles. The topological polar surface area (TPSA) is 59.1 Å². The highest BCUT2D eigenvalue weighted by molar-refractivity contribution is 9.10. The van der Waals surface area contributed by atoms with E-state index in [0.29, 0.717) is 16.7 Å². The zero-order valence-corrected chi connectivity index (χ0v) is 11.5. The number of nitrogens with one attached hydrogen (secondary N) is 1. The highest BCUT2D eigenvalue weighted by Crippen LogP contribution is 2.12. The van der Waals surface area contributed by atoms with Crippen LogP contribution in [-0.4, -0.2) is 33.2 Å². The SMILES string of the molecule is C[C@@H](CNC(=O)c1ncccc1Br)[S@](C)=O. The first-order valence-corrected chi connectivity index (χ1v) is 7.14. The van der Waals surface area contributed by atoms with Crippen LogP contribution in [0.1, 0.15) is 17.4 Å². The highest BCUT2D eigenvalue weighted by Gasteiger charge is 2.13. The molecule has 1 heterocycles. The molecule has 0 bridgehead atoms. The maximum absolute atomic E-state index is 11.7. The number of carbonyl (C=O) groups is 1. The first-order chi connectivity index (χ1) is 7.52. The molecule has 0 spiro atoms. The molecule has 2 atom stereocenters. The minimum absolute atomic E-state index is 0.0635. The van der Waals surface area contributed by atoms with E-state index in [4.69, 9.17) is 0 Å². The van der Waals surface area contributed by atoms with Gasteiger partial charge in [0.05, 0.1) is 0 Å². The van der Waals surface area contributed by atoms with Crippen LogP contribution in [0.2, 0.25) is 0 Å². The average Bonchev–Trinajstić information content (AvgIpc) is 2.25. The van der Waals surface area contributed by atoms with Crippen molar-refractivity contribution in [2.75, 3.05) is 12.8 Å². The summed E-state index contributed by atoms with van der Waals surface area (Å²) in [5, 5.41) is 2.63. The number of rotatable bonds is 4. The molecular weight excluding hydrogens is 292 g/mol. The van der Waals surface area contributed by atoms with Gasteiger partial charge in [-0.3, -0.25) is 9.00 Å². The lowest BCUT2D eigenvalue weighted by Gasteiger charge is -2.10. The van der Waals surface area contributed by atoms with E-state index >= 15 is 0 Å². The van der Waals surface area contributed by atoms with Gasteiger partial charge in [-0.25, -0.2) is 4.98 Å². The summed E-state index contributed by atoms with van der Waals surface area (Å²) >= 11 is 3.25. The third-order valence-electron chi connectivity index (χ3n) is 2.09. The molecule has 0 unspecified atom stereocenters. The quantitative estimate of drug-likeness (QED) is 0.913. The van der Waals surface area contributed by atoms with Gasteiger partial charge in [0.1, 0.15) is 5.69 Å². The Morgan fingerprint density at radius 1 is 1.69 bits per heavy atom. The van der Waals surface area contributed by atoms with Gasteiger partial charge in [-0.15, -0.1) is 0 Å². The number of nitrogens with zero attached hydrogens (tertiary/aromatic N) is 1. The molecule has 0 saturated carbocycles. The predicted molar refractivity (Wildman–Crippen MR) is 67.8 cm³/mol. The van der Waals surface area contributed by atoms with Crippen molar-refractivity contribution in [2.45, 2.75) is 12.2 Å². The van der Waals surface area contributed by atoms with Gasteiger partial charge in [0.25, 0.3) is 5.91 Å². The number of hydrogen-bond donors (Lipinski definition) is 1. The first kappa shape index (κ1) is 13.3. The van der Waals surface area contributed by atoms with Gasteiger partial charge in [-0.1, -0.05) is 0 Å². The Hall–Kier alpha value is -0.750. The second-order valence-electron chi connectivity index (χ2n) is 3.35. The van der Waals surface area contributed by atoms with E-state index in [2.05, 4.69) is 26.2 Å². The van der Waals surface area contributed by atoms with Crippen LogP contribution >= 0.6 is 15.9 Å². The largest absolute Gasteiger partial charge is 0.349 e. The number of pyridine rings is 1. The summed E-state index contributed by atoms with van der Waals surface area (Å²) < 4.78 is 11.7. The second kappa shape index (κ2) is 6.10. The average molecular weight is 305 g/mol. The molecule has 1 amide bonds. The van der Waals surface area contributed by atoms with Crippen molar-refractivity contribution in [3.05, 3.63) is 28.5 Å². The van der Waals surface area contributed by atoms with Gasteiger partial charge in [-0.05, 0) is 35.0 Å². The summed E-state index contributed by atoms with van der Waals surface area (Å²) in [7, 11) is -0.935.